The van der Waals surface area contributed by atoms with E-state index >= 15 is 0 Å². The maximum atomic E-state index is 12.0. The van der Waals surface area contributed by atoms with Gasteiger partial charge in [0.1, 0.15) is 12.0 Å². The fraction of sp³-hybridized carbons (Fsp3) is 0.429. The number of aryl methyl sites for hydroxylation is 1. The summed E-state index contributed by atoms with van der Waals surface area (Å²) in [6.45, 7) is 4.55. The molecule has 3 rings (SSSR count). The highest BCUT2D eigenvalue weighted by Crippen LogP contribution is 2.38. The van der Waals surface area contributed by atoms with E-state index in [1.165, 1.54) is 11.2 Å². The number of amides is 1. The fourth-order valence-corrected chi connectivity index (χ4v) is 3.60. The van der Waals surface area contributed by atoms with Crippen molar-refractivity contribution in [1.82, 2.24) is 15.0 Å². The smallest absolute Gasteiger partial charge is 0.276 e. The number of aromatic nitrogens is 3. The number of rotatable bonds is 2. The van der Waals surface area contributed by atoms with Gasteiger partial charge in [0, 0.05) is 11.1 Å². The van der Waals surface area contributed by atoms with Gasteiger partial charge in [-0.2, -0.15) is 0 Å². The zero-order valence-electron chi connectivity index (χ0n) is 11.5. The number of nitrogens with zero attached hydrogens (tertiary/aromatic N) is 3. The summed E-state index contributed by atoms with van der Waals surface area (Å²) in [5.74, 6) is -0.238. The summed E-state index contributed by atoms with van der Waals surface area (Å²) in [5, 5.41) is 3.48. The van der Waals surface area contributed by atoms with Crippen molar-refractivity contribution in [1.29, 1.82) is 0 Å². The van der Waals surface area contributed by atoms with E-state index in [0.717, 1.165) is 25.0 Å². The minimum Gasteiger partial charge on any atom is -0.296 e. The molecule has 0 fully saturated rings. The third-order valence-corrected chi connectivity index (χ3v) is 4.50. The van der Waals surface area contributed by atoms with Crippen LogP contribution < -0.4 is 5.32 Å². The number of carbonyl (C=O) groups is 1. The average Bonchev–Trinajstić information content (AvgIpc) is 2.79. The van der Waals surface area contributed by atoms with Crippen molar-refractivity contribution in [2.45, 2.75) is 33.1 Å². The lowest BCUT2D eigenvalue weighted by Gasteiger charge is -2.28. The van der Waals surface area contributed by atoms with Crippen LogP contribution in [0.1, 0.15) is 41.3 Å². The second-order valence-corrected chi connectivity index (χ2v) is 6.86. The lowest BCUT2D eigenvalue weighted by Crippen LogP contribution is -2.20. The van der Waals surface area contributed by atoms with Crippen LogP contribution in [0.5, 0.6) is 0 Å². The molecule has 2 heterocycles. The first-order chi connectivity index (χ1) is 9.53. The van der Waals surface area contributed by atoms with Gasteiger partial charge in [-0.25, -0.2) is 15.0 Å². The van der Waals surface area contributed by atoms with E-state index in [-0.39, 0.29) is 5.91 Å². The first-order valence-electron chi connectivity index (χ1n) is 6.59. The monoisotopic (exact) mass is 288 g/mol. The van der Waals surface area contributed by atoms with E-state index in [1.54, 1.807) is 23.6 Å². The summed E-state index contributed by atoms with van der Waals surface area (Å²) in [5.41, 5.74) is 1.81. The molecule has 20 heavy (non-hydrogen) atoms. The summed E-state index contributed by atoms with van der Waals surface area (Å²) in [7, 11) is 0. The fourth-order valence-electron chi connectivity index (χ4n) is 2.34. The van der Waals surface area contributed by atoms with Crippen LogP contribution in [-0.4, -0.2) is 20.9 Å². The summed E-state index contributed by atoms with van der Waals surface area (Å²) in [6, 6.07) is 1.59. The molecule has 0 unspecified atom stereocenters. The van der Waals surface area contributed by atoms with Crippen LogP contribution in [0.3, 0.4) is 0 Å². The summed E-state index contributed by atoms with van der Waals surface area (Å²) >= 11 is 1.57. The molecule has 0 spiro atoms. The van der Waals surface area contributed by atoms with Crippen LogP contribution in [0.4, 0.5) is 5.13 Å². The van der Waals surface area contributed by atoms with Crippen LogP contribution in [0.25, 0.3) is 0 Å². The molecule has 2 aromatic rings. The number of fused-ring (bicyclic) bond motifs is 1. The Bertz CT molecular complexity index is 636. The molecule has 0 atom stereocenters. The van der Waals surface area contributed by atoms with Crippen LogP contribution in [0, 0.1) is 5.41 Å². The Hall–Kier alpha value is -1.82. The van der Waals surface area contributed by atoms with Crippen LogP contribution >= 0.6 is 11.3 Å². The molecule has 104 valence electrons. The Balaban J connectivity index is 1.77. The van der Waals surface area contributed by atoms with Crippen molar-refractivity contribution in [2.75, 3.05) is 5.32 Å². The van der Waals surface area contributed by atoms with Crippen molar-refractivity contribution in [3.63, 3.8) is 0 Å². The molecule has 0 aromatic carbocycles. The first kappa shape index (κ1) is 13.2. The van der Waals surface area contributed by atoms with E-state index in [1.807, 2.05) is 0 Å². The molecular formula is C14H16N4OS. The molecule has 0 bridgehead atoms. The minimum absolute atomic E-state index is 0.238. The molecule has 1 aliphatic carbocycles. The molecule has 0 saturated heterocycles. The largest absolute Gasteiger partial charge is 0.296 e. The predicted octanol–water partition coefficient (Wildman–Crippen LogP) is 2.70. The van der Waals surface area contributed by atoms with E-state index in [2.05, 4.69) is 34.1 Å². The molecule has 1 amide bonds. The summed E-state index contributed by atoms with van der Waals surface area (Å²) in [4.78, 5) is 25.6. The third-order valence-electron chi connectivity index (χ3n) is 3.49. The maximum Gasteiger partial charge on any atom is 0.276 e. The van der Waals surface area contributed by atoms with Crippen LogP contribution in [0.2, 0.25) is 0 Å². The van der Waals surface area contributed by atoms with Crippen molar-refractivity contribution in [3.05, 3.63) is 34.9 Å². The quantitative estimate of drug-likeness (QED) is 0.922. The van der Waals surface area contributed by atoms with Crippen molar-refractivity contribution in [3.8, 4) is 0 Å². The normalized spacial score (nSPS) is 16.5. The number of anilines is 1. The highest BCUT2D eigenvalue weighted by Gasteiger charge is 2.28. The Kier molecular flexibility index (Phi) is 3.25. The van der Waals surface area contributed by atoms with Gasteiger partial charge in [-0.15, -0.1) is 11.3 Å². The van der Waals surface area contributed by atoms with Gasteiger partial charge in [0.05, 0.1) is 5.69 Å². The SMILES string of the molecule is CC1(C)CCc2nc(NC(=O)c3ccncn3)sc2C1. The summed E-state index contributed by atoms with van der Waals surface area (Å²) < 4.78 is 0. The zero-order valence-corrected chi connectivity index (χ0v) is 12.3. The molecule has 0 aliphatic heterocycles. The third kappa shape index (κ3) is 2.70. The van der Waals surface area contributed by atoms with Crippen molar-refractivity contribution < 1.29 is 4.79 Å². The van der Waals surface area contributed by atoms with Gasteiger partial charge < -0.3 is 0 Å². The lowest BCUT2D eigenvalue weighted by atomic mass is 9.79. The lowest BCUT2D eigenvalue weighted by molar-refractivity contribution is 0.102. The predicted molar refractivity (Wildman–Crippen MR) is 77.9 cm³/mol. The number of hydrogen-bond acceptors (Lipinski definition) is 5. The number of thiazole rings is 1. The Morgan fingerprint density at radius 3 is 3.05 bits per heavy atom. The van der Waals surface area contributed by atoms with E-state index in [0.29, 0.717) is 16.2 Å². The first-order valence-corrected chi connectivity index (χ1v) is 7.41. The molecule has 6 heteroatoms. The van der Waals surface area contributed by atoms with E-state index in [4.69, 9.17) is 0 Å². The van der Waals surface area contributed by atoms with Gasteiger partial charge in [-0.05, 0) is 30.7 Å². The zero-order chi connectivity index (χ0) is 14.2. The molecule has 0 radical (unpaired) electrons. The second kappa shape index (κ2) is 4.94. The number of hydrogen-bond donors (Lipinski definition) is 1. The van der Waals surface area contributed by atoms with Crippen molar-refractivity contribution >= 4 is 22.4 Å². The van der Waals surface area contributed by atoms with Gasteiger partial charge >= 0.3 is 0 Å². The number of carbonyl (C=O) groups excluding carboxylic acids is 1. The molecule has 0 saturated carbocycles. The Labute approximate surface area is 121 Å². The molecule has 1 aliphatic rings. The highest BCUT2D eigenvalue weighted by molar-refractivity contribution is 7.15. The standard InChI is InChI=1S/C14H16N4OS/c1-14(2)5-3-9-11(7-14)20-13(17-9)18-12(19)10-4-6-15-8-16-10/h4,6,8H,3,5,7H2,1-2H3,(H,17,18,19). The Morgan fingerprint density at radius 1 is 1.45 bits per heavy atom. The second-order valence-electron chi connectivity index (χ2n) is 5.78. The molecular weight excluding hydrogens is 272 g/mol. The van der Waals surface area contributed by atoms with Gasteiger partial charge in [0.25, 0.3) is 5.91 Å². The van der Waals surface area contributed by atoms with Gasteiger partial charge in [0.15, 0.2) is 5.13 Å². The topological polar surface area (TPSA) is 67.8 Å². The average molecular weight is 288 g/mol. The minimum atomic E-state index is -0.238. The van der Waals surface area contributed by atoms with Crippen LogP contribution in [0.15, 0.2) is 18.6 Å². The highest BCUT2D eigenvalue weighted by atomic mass is 32.1. The van der Waals surface area contributed by atoms with Gasteiger partial charge in [-0.1, -0.05) is 13.8 Å². The van der Waals surface area contributed by atoms with Gasteiger partial charge in [-0.3, -0.25) is 10.1 Å². The maximum absolute atomic E-state index is 12.0. The molecule has 2 aromatic heterocycles. The Morgan fingerprint density at radius 2 is 2.30 bits per heavy atom. The molecule has 1 N–H and O–H groups in total. The molecule has 5 nitrogen and oxygen atoms in total. The van der Waals surface area contributed by atoms with E-state index in [9.17, 15) is 4.79 Å². The van der Waals surface area contributed by atoms with Gasteiger partial charge in [0.2, 0.25) is 0 Å². The van der Waals surface area contributed by atoms with Crippen LogP contribution in [-0.2, 0) is 12.8 Å². The van der Waals surface area contributed by atoms with E-state index < -0.39 is 0 Å². The number of nitrogens with one attached hydrogen (secondary N) is 1. The van der Waals surface area contributed by atoms with Crippen molar-refractivity contribution in [2.24, 2.45) is 5.41 Å². The summed E-state index contributed by atoms with van der Waals surface area (Å²) in [6.07, 6.45) is 6.08.